The SMILES string of the molecule is [2H]CC1=NC(C)c2ccccc2-c2ccccc21. The van der Waals surface area contributed by atoms with Crippen molar-refractivity contribution >= 4 is 5.71 Å². The first-order chi connectivity index (χ1) is 8.81. The third-order valence-electron chi connectivity index (χ3n) is 3.29. The van der Waals surface area contributed by atoms with Gasteiger partial charge in [-0.25, -0.2) is 0 Å². The van der Waals surface area contributed by atoms with Crippen LogP contribution in [-0.2, 0) is 0 Å². The lowest BCUT2D eigenvalue weighted by molar-refractivity contribution is 0.825. The maximum absolute atomic E-state index is 7.69. The number of hydrogen-bond donors (Lipinski definition) is 0. The van der Waals surface area contributed by atoms with Crippen molar-refractivity contribution in [1.29, 1.82) is 0 Å². The van der Waals surface area contributed by atoms with Crippen molar-refractivity contribution in [3.63, 3.8) is 0 Å². The number of benzene rings is 2. The highest BCUT2D eigenvalue weighted by Crippen LogP contribution is 2.35. The van der Waals surface area contributed by atoms with Crippen molar-refractivity contribution < 1.29 is 1.37 Å². The Hall–Kier alpha value is -1.89. The van der Waals surface area contributed by atoms with Crippen LogP contribution in [0.1, 0.15) is 32.4 Å². The Morgan fingerprint density at radius 1 is 0.941 bits per heavy atom. The molecule has 0 fully saturated rings. The summed E-state index contributed by atoms with van der Waals surface area (Å²) in [6, 6.07) is 16.8. The van der Waals surface area contributed by atoms with Crippen LogP contribution in [0.3, 0.4) is 0 Å². The van der Waals surface area contributed by atoms with Gasteiger partial charge in [0.15, 0.2) is 0 Å². The topological polar surface area (TPSA) is 12.4 Å². The third kappa shape index (κ3) is 1.59. The molecular weight excluding hydrogens is 206 g/mol. The Morgan fingerprint density at radius 2 is 1.59 bits per heavy atom. The first kappa shape index (κ1) is 9.17. The van der Waals surface area contributed by atoms with Crippen molar-refractivity contribution in [2.75, 3.05) is 0 Å². The zero-order valence-corrected chi connectivity index (χ0v) is 9.85. The van der Waals surface area contributed by atoms with Gasteiger partial charge in [-0.15, -0.1) is 0 Å². The summed E-state index contributed by atoms with van der Waals surface area (Å²) in [4.78, 5) is 4.71. The van der Waals surface area contributed by atoms with E-state index in [4.69, 9.17) is 6.36 Å². The van der Waals surface area contributed by atoms with Crippen LogP contribution in [0.25, 0.3) is 11.1 Å². The molecule has 0 bridgehead atoms. The first-order valence-corrected chi connectivity index (χ1v) is 5.86. The van der Waals surface area contributed by atoms with E-state index >= 15 is 0 Å². The van der Waals surface area contributed by atoms with Crippen molar-refractivity contribution in [1.82, 2.24) is 0 Å². The molecule has 17 heavy (non-hydrogen) atoms. The largest absolute Gasteiger partial charge is 0.282 e. The molecule has 1 heterocycles. The Balaban J connectivity index is 2.34. The standard InChI is InChI=1S/C16H15N/c1-11-13-7-3-5-9-15(13)16-10-6-4-8-14(16)12(2)17-11/h3-11H,1-2H3/i2D. The van der Waals surface area contributed by atoms with Crippen LogP contribution in [0.5, 0.6) is 0 Å². The van der Waals surface area contributed by atoms with Gasteiger partial charge in [-0.05, 0) is 30.5 Å². The highest BCUT2D eigenvalue weighted by molar-refractivity contribution is 6.05. The summed E-state index contributed by atoms with van der Waals surface area (Å²) in [5.41, 5.74) is 5.67. The lowest BCUT2D eigenvalue weighted by Crippen LogP contribution is -1.96. The molecule has 1 aliphatic rings. The average molecular weight is 222 g/mol. The molecule has 3 rings (SSSR count). The van der Waals surface area contributed by atoms with Gasteiger partial charge in [-0.2, -0.15) is 0 Å². The predicted octanol–water partition coefficient (Wildman–Crippen LogP) is 4.24. The van der Waals surface area contributed by atoms with Gasteiger partial charge < -0.3 is 0 Å². The molecule has 0 spiro atoms. The molecule has 0 aromatic heterocycles. The number of nitrogens with zero attached hydrogens (tertiary/aromatic N) is 1. The fourth-order valence-corrected chi connectivity index (χ4v) is 2.45. The molecule has 1 unspecified atom stereocenters. The molecule has 84 valence electrons. The van der Waals surface area contributed by atoms with E-state index in [-0.39, 0.29) is 12.9 Å². The fraction of sp³-hybridized carbons (Fsp3) is 0.188. The number of aliphatic imine (C=N–C) groups is 1. The summed E-state index contributed by atoms with van der Waals surface area (Å²) in [6.07, 6.45) is 0. The van der Waals surface area contributed by atoms with E-state index in [9.17, 15) is 0 Å². The minimum absolute atomic E-state index is 0.119. The number of rotatable bonds is 0. The van der Waals surface area contributed by atoms with Gasteiger partial charge in [0.05, 0.1) is 6.04 Å². The maximum atomic E-state index is 7.69. The van der Waals surface area contributed by atoms with E-state index in [1.165, 1.54) is 16.7 Å². The number of fused-ring (bicyclic) bond motifs is 3. The highest BCUT2D eigenvalue weighted by atomic mass is 14.8. The van der Waals surface area contributed by atoms with Crippen LogP contribution < -0.4 is 0 Å². The van der Waals surface area contributed by atoms with Crippen molar-refractivity contribution in [3.8, 4) is 11.1 Å². The van der Waals surface area contributed by atoms with Crippen LogP contribution in [0.2, 0.25) is 0 Å². The summed E-state index contributed by atoms with van der Waals surface area (Å²) in [5.74, 6) is 0. The van der Waals surface area contributed by atoms with E-state index in [0.29, 0.717) is 0 Å². The highest BCUT2D eigenvalue weighted by Gasteiger charge is 2.18. The average Bonchev–Trinajstić information content (AvgIpc) is 2.55. The molecule has 1 atom stereocenters. The zero-order valence-electron chi connectivity index (χ0n) is 10.9. The quantitative estimate of drug-likeness (QED) is 0.632. The molecule has 0 radical (unpaired) electrons. The lowest BCUT2D eigenvalue weighted by Gasteiger charge is -2.11. The Bertz CT molecular complexity index is 616. The van der Waals surface area contributed by atoms with Gasteiger partial charge in [0.2, 0.25) is 0 Å². The van der Waals surface area contributed by atoms with Gasteiger partial charge >= 0.3 is 0 Å². The summed E-state index contributed by atoms with van der Waals surface area (Å²) >= 11 is 0. The lowest BCUT2D eigenvalue weighted by atomic mass is 9.93. The molecule has 0 N–H and O–H groups in total. The van der Waals surface area contributed by atoms with Gasteiger partial charge in [-0.1, -0.05) is 48.5 Å². The normalized spacial score (nSPS) is 18.5. The second-order valence-corrected chi connectivity index (χ2v) is 4.38. The summed E-state index contributed by atoms with van der Waals surface area (Å²) in [6.45, 7) is 2.33. The zero-order chi connectivity index (χ0) is 12.5. The van der Waals surface area contributed by atoms with Gasteiger partial charge in [0, 0.05) is 12.6 Å². The molecule has 1 aliphatic heterocycles. The van der Waals surface area contributed by atoms with Crippen molar-refractivity contribution in [3.05, 3.63) is 59.7 Å². The Labute approximate surface area is 103 Å². The first-order valence-electron chi connectivity index (χ1n) is 6.56. The van der Waals surface area contributed by atoms with Crippen LogP contribution in [0.15, 0.2) is 53.5 Å². The van der Waals surface area contributed by atoms with E-state index in [0.717, 1.165) is 11.3 Å². The molecule has 0 aliphatic carbocycles. The van der Waals surface area contributed by atoms with Crippen LogP contribution in [-0.4, -0.2) is 5.71 Å². The van der Waals surface area contributed by atoms with Crippen molar-refractivity contribution in [2.45, 2.75) is 19.9 Å². The second-order valence-electron chi connectivity index (χ2n) is 4.38. The van der Waals surface area contributed by atoms with Gasteiger partial charge in [0.1, 0.15) is 0 Å². The van der Waals surface area contributed by atoms with E-state index < -0.39 is 0 Å². The summed E-state index contributed by atoms with van der Waals surface area (Å²) in [5, 5.41) is 0. The minimum atomic E-state index is 0.119. The smallest absolute Gasteiger partial charge is 0.0730 e. The number of hydrogen-bond acceptors (Lipinski definition) is 1. The molecule has 1 heteroatoms. The summed E-state index contributed by atoms with van der Waals surface area (Å²) < 4.78 is 7.69. The van der Waals surface area contributed by atoms with Crippen LogP contribution >= 0.6 is 0 Å². The van der Waals surface area contributed by atoms with E-state index in [1.54, 1.807) is 0 Å². The fourth-order valence-electron chi connectivity index (χ4n) is 2.45. The Kier molecular flexibility index (Phi) is 2.08. The molecule has 2 aromatic rings. The Morgan fingerprint density at radius 3 is 2.35 bits per heavy atom. The molecule has 0 saturated heterocycles. The second kappa shape index (κ2) is 3.85. The molecule has 0 amide bonds. The molecule has 2 aromatic carbocycles. The van der Waals surface area contributed by atoms with E-state index in [1.807, 2.05) is 12.1 Å². The van der Waals surface area contributed by atoms with Crippen LogP contribution in [0, 0.1) is 0 Å². The van der Waals surface area contributed by atoms with Gasteiger partial charge in [0.25, 0.3) is 0 Å². The minimum Gasteiger partial charge on any atom is -0.282 e. The molecule has 1 nitrogen and oxygen atoms in total. The summed E-state index contributed by atoms with van der Waals surface area (Å²) in [7, 11) is 0. The van der Waals surface area contributed by atoms with E-state index in [2.05, 4.69) is 43.3 Å². The van der Waals surface area contributed by atoms with Crippen LogP contribution in [0.4, 0.5) is 0 Å². The monoisotopic (exact) mass is 222 g/mol. The van der Waals surface area contributed by atoms with Gasteiger partial charge in [-0.3, -0.25) is 4.99 Å². The predicted molar refractivity (Wildman–Crippen MR) is 72.5 cm³/mol. The molecular formula is C16H15N. The van der Waals surface area contributed by atoms with Crippen molar-refractivity contribution in [2.24, 2.45) is 4.99 Å². The molecule has 0 saturated carbocycles. The maximum Gasteiger partial charge on any atom is 0.0730 e. The third-order valence-corrected chi connectivity index (χ3v) is 3.29.